The summed E-state index contributed by atoms with van der Waals surface area (Å²) >= 11 is 0. The second kappa shape index (κ2) is 5.01. The number of anilines is 1. The van der Waals surface area contributed by atoms with Crippen LogP contribution in [0.5, 0.6) is 5.75 Å². The molecule has 0 aromatic heterocycles. The van der Waals surface area contributed by atoms with Crippen LogP contribution in [0.3, 0.4) is 0 Å². The average Bonchev–Trinajstić information content (AvgIpc) is 2.21. The highest BCUT2D eigenvalue weighted by atomic mass is 19.1. The van der Waals surface area contributed by atoms with Gasteiger partial charge in [0.25, 0.3) is 0 Å². The van der Waals surface area contributed by atoms with Crippen molar-refractivity contribution in [3.63, 3.8) is 0 Å². The second-order valence-corrected chi connectivity index (χ2v) is 2.52. The van der Waals surface area contributed by atoms with Gasteiger partial charge in [-0.25, -0.2) is 4.39 Å². The zero-order valence-electron chi connectivity index (χ0n) is 7.75. The number of hydrogen-bond acceptors (Lipinski definition) is 3. The standard InChI is InChI=1S/C10H11FN2O/c1-14-8-3-4-9(11)10(7-8)13-6-2-5-12/h2-7,12-13H,1H3/b6-2-,12-5?. The zero-order valence-corrected chi connectivity index (χ0v) is 7.75. The minimum Gasteiger partial charge on any atom is -0.497 e. The van der Waals surface area contributed by atoms with Crippen molar-refractivity contribution in [3.05, 3.63) is 36.3 Å². The quantitative estimate of drug-likeness (QED) is 0.723. The highest BCUT2D eigenvalue weighted by Crippen LogP contribution is 2.20. The monoisotopic (exact) mass is 194 g/mol. The summed E-state index contributed by atoms with van der Waals surface area (Å²) in [6, 6.07) is 4.41. The molecule has 0 spiro atoms. The summed E-state index contributed by atoms with van der Waals surface area (Å²) < 4.78 is 18.1. The van der Waals surface area contributed by atoms with Gasteiger partial charge in [-0.15, -0.1) is 0 Å². The van der Waals surface area contributed by atoms with Gasteiger partial charge in [-0.2, -0.15) is 0 Å². The maximum atomic E-state index is 13.1. The van der Waals surface area contributed by atoms with Crippen molar-refractivity contribution in [2.24, 2.45) is 0 Å². The Hall–Kier alpha value is -1.84. The number of benzene rings is 1. The first-order valence-electron chi connectivity index (χ1n) is 4.03. The van der Waals surface area contributed by atoms with E-state index in [-0.39, 0.29) is 5.82 Å². The number of methoxy groups -OCH3 is 1. The van der Waals surface area contributed by atoms with Crippen LogP contribution in [0.1, 0.15) is 0 Å². The SMILES string of the molecule is COc1ccc(F)c(N/C=C\C=N)c1. The number of nitrogens with one attached hydrogen (secondary N) is 2. The first kappa shape index (κ1) is 10.2. The molecule has 0 heterocycles. The Labute approximate surface area is 81.7 Å². The smallest absolute Gasteiger partial charge is 0.146 e. The van der Waals surface area contributed by atoms with Crippen LogP contribution in [0.25, 0.3) is 0 Å². The molecule has 0 aliphatic carbocycles. The molecule has 2 N–H and O–H groups in total. The van der Waals surface area contributed by atoms with E-state index < -0.39 is 0 Å². The number of rotatable bonds is 4. The molecule has 0 saturated heterocycles. The van der Waals surface area contributed by atoms with Crippen LogP contribution in [0, 0.1) is 11.2 Å². The van der Waals surface area contributed by atoms with Gasteiger partial charge in [0, 0.05) is 18.5 Å². The fourth-order valence-corrected chi connectivity index (χ4v) is 0.928. The minimum absolute atomic E-state index is 0.322. The summed E-state index contributed by atoms with van der Waals surface area (Å²) in [6.07, 6.45) is 4.04. The van der Waals surface area contributed by atoms with Crippen LogP contribution in [0.2, 0.25) is 0 Å². The number of hydrogen-bond donors (Lipinski definition) is 2. The van der Waals surface area contributed by atoms with Crippen LogP contribution < -0.4 is 10.1 Å². The summed E-state index contributed by atoms with van der Waals surface area (Å²) in [5.74, 6) is 0.220. The Balaban J connectivity index is 2.83. The van der Waals surface area contributed by atoms with Crippen molar-refractivity contribution in [1.29, 1.82) is 5.41 Å². The first-order valence-corrected chi connectivity index (χ1v) is 4.03. The van der Waals surface area contributed by atoms with Crippen LogP contribution >= 0.6 is 0 Å². The molecule has 0 fully saturated rings. The predicted molar refractivity (Wildman–Crippen MR) is 54.5 cm³/mol. The summed E-state index contributed by atoms with van der Waals surface area (Å²) in [7, 11) is 1.52. The van der Waals surface area contributed by atoms with Gasteiger partial charge in [0.05, 0.1) is 12.8 Å². The molecule has 3 nitrogen and oxygen atoms in total. The number of ether oxygens (including phenoxy) is 1. The molecule has 14 heavy (non-hydrogen) atoms. The topological polar surface area (TPSA) is 45.1 Å². The Morgan fingerprint density at radius 2 is 2.29 bits per heavy atom. The van der Waals surface area contributed by atoms with E-state index in [9.17, 15) is 4.39 Å². The fraction of sp³-hybridized carbons (Fsp3) is 0.100. The summed E-state index contributed by atoms with van der Waals surface area (Å²) in [5.41, 5.74) is 0.322. The van der Waals surface area contributed by atoms with Crippen molar-refractivity contribution in [2.45, 2.75) is 0 Å². The molecular weight excluding hydrogens is 183 g/mol. The third-order valence-corrected chi connectivity index (χ3v) is 1.60. The van der Waals surface area contributed by atoms with Crippen molar-refractivity contribution in [2.75, 3.05) is 12.4 Å². The Morgan fingerprint density at radius 1 is 1.50 bits per heavy atom. The van der Waals surface area contributed by atoms with E-state index in [4.69, 9.17) is 10.1 Å². The maximum Gasteiger partial charge on any atom is 0.146 e. The molecule has 1 rings (SSSR count). The molecule has 1 aromatic rings. The minimum atomic E-state index is -0.361. The van der Waals surface area contributed by atoms with Gasteiger partial charge in [-0.3, -0.25) is 0 Å². The van der Waals surface area contributed by atoms with E-state index in [0.717, 1.165) is 6.21 Å². The van der Waals surface area contributed by atoms with E-state index in [0.29, 0.717) is 11.4 Å². The molecule has 0 atom stereocenters. The third kappa shape index (κ3) is 2.58. The molecule has 74 valence electrons. The lowest BCUT2D eigenvalue weighted by Gasteiger charge is -2.05. The largest absolute Gasteiger partial charge is 0.497 e. The lowest BCUT2D eigenvalue weighted by atomic mass is 10.3. The molecule has 0 bridgehead atoms. The summed E-state index contributed by atoms with van der Waals surface area (Å²) in [4.78, 5) is 0. The van der Waals surface area contributed by atoms with Crippen molar-refractivity contribution < 1.29 is 9.13 Å². The van der Waals surface area contributed by atoms with Crippen molar-refractivity contribution in [3.8, 4) is 5.75 Å². The van der Waals surface area contributed by atoms with Gasteiger partial charge in [0.15, 0.2) is 0 Å². The van der Waals surface area contributed by atoms with Gasteiger partial charge in [0.1, 0.15) is 11.6 Å². The molecular formula is C10H11FN2O. The Morgan fingerprint density at radius 3 is 2.93 bits per heavy atom. The molecule has 0 aliphatic heterocycles. The second-order valence-electron chi connectivity index (χ2n) is 2.52. The number of halogens is 1. The lowest BCUT2D eigenvalue weighted by molar-refractivity contribution is 0.414. The van der Waals surface area contributed by atoms with E-state index >= 15 is 0 Å². The lowest BCUT2D eigenvalue weighted by Crippen LogP contribution is -1.93. The van der Waals surface area contributed by atoms with E-state index in [1.165, 1.54) is 25.5 Å². The summed E-state index contributed by atoms with van der Waals surface area (Å²) in [6.45, 7) is 0. The first-order chi connectivity index (χ1) is 6.77. The van der Waals surface area contributed by atoms with Gasteiger partial charge in [-0.1, -0.05) is 0 Å². The van der Waals surface area contributed by atoms with Gasteiger partial charge >= 0.3 is 0 Å². The Bertz CT molecular complexity index is 350. The molecule has 0 amide bonds. The molecule has 4 heteroatoms. The highest BCUT2D eigenvalue weighted by Gasteiger charge is 2.01. The van der Waals surface area contributed by atoms with Crippen LogP contribution in [-0.4, -0.2) is 13.3 Å². The van der Waals surface area contributed by atoms with E-state index in [1.54, 1.807) is 12.1 Å². The zero-order chi connectivity index (χ0) is 10.4. The van der Waals surface area contributed by atoms with Crippen molar-refractivity contribution >= 4 is 11.9 Å². The van der Waals surface area contributed by atoms with Crippen LogP contribution in [-0.2, 0) is 0 Å². The third-order valence-electron chi connectivity index (χ3n) is 1.60. The van der Waals surface area contributed by atoms with Crippen LogP contribution in [0.15, 0.2) is 30.5 Å². The normalized spacial score (nSPS) is 10.1. The maximum absolute atomic E-state index is 13.1. The summed E-state index contributed by atoms with van der Waals surface area (Å²) in [5, 5.41) is 9.43. The molecule has 0 unspecified atom stereocenters. The Kier molecular flexibility index (Phi) is 3.67. The van der Waals surface area contributed by atoms with Gasteiger partial charge in [0.2, 0.25) is 0 Å². The van der Waals surface area contributed by atoms with Crippen LogP contribution in [0.4, 0.5) is 10.1 Å². The fourth-order valence-electron chi connectivity index (χ4n) is 0.928. The van der Waals surface area contributed by atoms with Gasteiger partial charge in [-0.05, 0) is 18.2 Å². The van der Waals surface area contributed by atoms with Gasteiger partial charge < -0.3 is 15.5 Å². The molecule has 0 radical (unpaired) electrons. The van der Waals surface area contributed by atoms with Crippen molar-refractivity contribution in [1.82, 2.24) is 0 Å². The van der Waals surface area contributed by atoms with E-state index in [1.807, 2.05) is 0 Å². The molecule has 0 aliphatic rings. The molecule has 0 saturated carbocycles. The average molecular weight is 194 g/mol. The predicted octanol–water partition coefficient (Wildman–Crippen LogP) is 2.41. The number of allylic oxidation sites excluding steroid dienone is 1. The molecule has 1 aromatic carbocycles. The van der Waals surface area contributed by atoms with E-state index in [2.05, 4.69) is 5.32 Å². The highest BCUT2D eigenvalue weighted by molar-refractivity contribution is 5.68.